The van der Waals surface area contributed by atoms with E-state index in [0.29, 0.717) is 59.2 Å². The third kappa shape index (κ3) is 13.9. The van der Waals surface area contributed by atoms with E-state index in [-0.39, 0.29) is 56.6 Å². The van der Waals surface area contributed by atoms with Crippen molar-refractivity contribution in [3.63, 3.8) is 0 Å². The summed E-state index contributed by atoms with van der Waals surface area (Å²) in [4.78, 5) is 47.2. The predicted molar refractivity (Wildman–Crippen MR) is 217 cm³/mol. The number of hydrogen-bond acceptors (Lipinski definition) is 9. The van der Waals surface area contributed by atoms with E-state index < -0.39 is 17.6 Å². The number of halogens is 3. The minimum absolute atomic E-state index is 0.104. The molecule has 0 saturated carbocycles. The Balaban J connectivity index is 1.38. The lowest BCUT2D eigenvalue weighted by molar-refractivity contribution is -0.137. The summed E-state index contributed by atoms with van der Waals surface area (Å²) < 4.78 is 45.3. The summed E-state index contributed by atoms with van der Waals surface area (Å²) in [7, 11) is 0. The fourth-order valence-electron chi connectivity index (χ4n) is 5.99. The number of nitrogens with one attached hydrogen (secondary N) is 2. The van der Waals surface area contributed by atoms with Gasteiger partial charge in [-0.3, -0.25) is 19.4 Å². The smallest absolute Gasteiger partial charge is 0.395 e. The van der Waals surface area contributed by atoms with Crippen molar-refractivity contribution in [2.24, 2.45) is 0 Å². The summed E-state index contributed by atoms with van der Waals surface area (Å²) in [6.45, 7) is 6.43. The van der Waals surface area contributed by atoms with E-state index in [1.165, 1.54) is 29.3 Å². The van der Waals surface area contributed by atoms with E-state index in [0.717, 1.165) is 36.5 Å². The number of alkyl halides is 3. The van der Waals surface area contributed by atoms with Crippen molar-refractivity contribution in [3.8, 4) is 11.3 Å². The number of thioether (sulfide) groups is 1. The first-order valence-electron chi connectivity index (χ1n) is 18.8. The molecule has 0 aliphatic heterocycles. The van der Waals surface area contributed by atoms with Crippen LogP contribution >= 0.6 is 11.8 Å². The zero-order chi connectivity index (χ0) is 41.2. The van der Waals surface area contributed by atoms with Gasteiger partial charge in [0.1, 0.15) is 0 Å². The van der Waals surface area contributed by atoms with Gasteiger partial charge in [0, 0.05) is 85.8 Å². The van der Waals surface area contributed by atoms with Crippen LogP contribution in [0, 0.1) is 0 Å². The molecule has 4 aromatic rings. The summed E-state index contributed by atoms with van der Waals surface area (Å²) >= 11 is 1.65. The van der Waals surface area contributed by atoms with Gasteiger partial charge in [0.2, 0.25) is 5.91 Å². The number of benzene rings is 3. The second kappa shape index (κ2) is 22.7. The molecule has 0 unspecified atom stereocenters. The Morgan fingerprint density at radius 3 is 2.28 bits per heavy atom. The van der Waals surface area contributed by atoms with Gasteiger partial charge in [-0.25, -0.2) is 0 Å². The second-order valence-electron chi connectivity index (χ2n) is 13.0. The van der Waals surface area contributed by atoms with Gasteiger partial charge < -0.3 is 35.4 Å². The normalized spacial score (nSPS) is 11.3. The summed E-state index contributed by atoms with van der Waals surface area (Å²) in [5.74, 6) is 0.412. The Kier molecular flexibility index (Phi) is 17.8. The van der Waals surface area contributed by atoms with Crippen molar-refractivity contribution in [3.05, 3.63) is 113 Å². The standard InChI is InChI=1S/C42H50F3N5O6S/c1-3-49(4-2)35-13-14-37(36(27-35)38-26-33(15-16-46-38)40(54)47-28-30-8-6-11-34(25-30)42(43,44)45)48-41(55)32-10-5-9-31(24-32)29-57-23-22-56-21-7-12-39(53)50(17-19-51)18-20-52/h5-6,8-11,13-16,24-27,51-52H,3-4,7,12,17-23,28-29H2,1-2H3,(H,47,54)(H,48,55). The fourth-order valence-corrected chi connectivity index (χ4v) is 6.79. The monoisotopic (exact) mass is 809 g/mol. The average molecular weight is 810 g/mol. The third-order valence-electron chi connectivity index (χ3n) is 8.99. The van der Waals surface area contributed by atoms with Crippen LogP contribution in [0.4, 0.5) is 24.5 Å². The number of pyridine rings is 1. The van der Waals surface area contributed by atoms with Crippen molar-refractivity contribution >= 4 is 40.9 Å². The third-order valence-corrected chi connectivity index (χ3v) is 9.98. The lowest BCUT2D eigenvalue weighted by Crippen LogP contribution is -2.35. The Hall–Kier alpha value is -4.96. The molecule has 57 heavy (non-hydrogen) atoms. The van der Waals surface area contributed by atoms with E-state index in [4.69, 9.17) is 14.9 Å². The maximum absolute atomic E-state index is 13.6. The average Bonchev–Trinajstić information content (AvgIpc) is 3.21. The van der Waals surface area contributed by atoms with Crippen LogP contribution in [-0.4, -0.2) is 96.2 Å². The lowest BCUT2D eigenvalue weighted by atomic mass is 10.0. The van der Waals surface area contributed by atoms with Crippen molar-refractivity contribution in [2.75, 3.05) is 68.6 Å². The maximum Gasteiger partial charge on any atom is 0.416 e. The van der Waals surface area contributed by atoms with Gasteiger partial charge >= 0.3 is 6.18 Å². The molecule has 0 bridgehead atoms. The number of aliphatic hydroxyl groups is 2. The molecular formula is C42H50F3N5O6S. The van der Waals surface area contributed by atoms with Crippen molar-refractivity contribution in [1.82, 2.24) is 15.2 Å². The summed E-state index contributed by atoms with van der Waals surface area (Å²) in [6.07, 6.45) is -2.20. The van der Waals surface area contributed by atoms with Crippen LogP contribution in [0.15, 0.2) is 85.1 Å². The van der Waals surface area contributed by atoms with E-state index in [1.807, 2.05) is 44.2 Å². The van der Waals surface area contributed by atoms with Crippen molar-refractivity contribution in [2.45, 2.75) is 45.2 Å². The molecular weight excluding hydrogens is 760 g/mol. The van der Waals surface area contributed by atoms with Crippen LogP contribution in [0.1, 0.15) is 64.1 Å². The summed E-state index contributed by atoms with van der Waals surface area (Å²) in [5.41, 5.74) is 3.57. The molecule has 0 spiro atoms. The zero-order valence-corrected chi connectivity index (χ0v) is 33.0. The van der Waals surface area contributed by atoms with E-state index in [1.54, 1.807) is 30.0 Å². The molecule has 3 aromatic carbocycles. The number of ether oxygens (including phenoxy) is 1. The molecule has 3 amide bonds. The quantitative estimate of drug-likeness (QED) is 0.0643. The van der Waals surface area contributed by atoms with Crippen LogP contribution in [0.5, 0.6) is 0 Å². The number of amides is 3. The molecule has 15 heteroatoms. The minimum atomic E-state index is -4.49. The molecule has 4 rings (SSSR count). The van der Waals surface area contributed by atoms with E-state index in [2.05, 4.69) is 20.5 Å². The fraction of sp³-hybridized carbons (Fsp3) is 0.381. The molecule has 4 N–H and O–H groups in total. The summed E-state index contributed by atoms with van der Waals surface area (Å²) in [6, 6.07) is 20.9. The van der Waals surface area contributed by atoms with Crippen LogP contribution in [0.3, 0.4) is 0 Å². The molecule has 0 saturated heterocycles. The lowest BCUT2D eigenvalue weighted by Gasteiger charge is -2.23. The molecule has 0 fully saturated rings. The van der Waals surface area contributed by atoms with Crippen LogP contribution in [-0.2, 0) is 28.0 Å². The first-order valence-corrected chi connectivity index (χ1v) is 20.0. The van der Waals surface area contributed by atoms with Crippen LogP contribution < -0.4 is 15.5 Å². The molecule has 0 atom stereocenters. The molecule has 0 radical (unpaired) electrons. The highest BCUT2D eigenvalue weighted by atomic mass is 32.2. The topological polar surface area (TPSA) is 144 Å². The number of nitrogens with zero attached hydrogens (tertiary/aromatic N) is 3. The number of carbonyl (C=O) groups is 3. The van der Waals surface area contributed by atoms with E-state index >= 15 is 0 Å². The molecule has 0 aliphatic rings. The number of hydrogen-bond donors (Lipinski definition) is 4. The highest BCUT2D eigenvalue weighted by Crippen LogP contribution is 2.33. The van der Waals surface area contributed by atoms with Gasteiger partial charge in [-0.1, -0.05) is 24.3 Å². The SMILES string of the molecule is CCN(CC)c1ccc(NC(=O)c2cccc(CSCCOCCCC(=O)N(CCO)CCO)c2)c(-c2cc(C(=O)NCc3cccc(C(F)(F)F)c3)ccn2)c1. The Morgan fingerprint density at radius 2 is 1.56 bits per heavy atom. The number of anilines is 2. The van der Waals surface area contributed by atoms with Gasteiger partial charge in [-0.05, 0) is 86.0 Å². The van der Waals surface area contributed by atoms with Crippen LogP contribution in [0.25, 0.3) is 11.3 Å². The predicted octanol–water partition coefficient (Wildman–Crippen LogP) is 6.64. The molecule has 306 valence electrons. The molecule has 1 aromatic heterocycles. The Morgan fingerprint density at radius 1 is 0.842 bits per heavy atom. The minimum Gasteiger partial charge on any atom is -0.395 e. The highest BCUT2D eigenvalue weighted by Gasteiger charge is 2.30. The number of aromatic nitrogens is 1. The number of carbonyl (C=O) groups excluding carboxylic acids is 3. The molecule has 0 aliphatic carbocycles. The van der Waals surface area contributed by atoms with Crippen LogP contribution in [0.2, 0.25) is 0 Å². The highest BCUT2D eigenvalue weighted by molar-refractivity contribution is 7.98. The van der Waals surface area contributed by atoms with Gasteiger partial charge in [-0.2, -0.15) is 24.9 Å². The number of rotatable bonds is 22. The molecule has 11 nitrogen and oxygen atoms in total. The molecule has 1 heterocycles. The van der Waals surface area contributed by atoms with Gasteiger partial charge in [0.05, 0.1) is 36.8 Å². The van der Waals surface area contributed by atoms with Crippen molar-refractivity contribution in [1.29, 1.82) is 0 Å². The maximum atomic E-state index is 13.6. The van der Waals surface area contributed by atoms with Gasteiger partial charge in [0.15, 0.2) is 0 Å². The first-order chi connectivity index (χ1) is 27.5. The summed E-state index contributed by atoms with van der Waals surface area (Å²) in [5, 5.41) is 23.9. The van der Waals surface area contributed by atoms with E-state index in [9.17, 15) is 27.6 Å². The largest absolute Gasteiger partial charge is 0.416 e. The van der Waals surface area contributed by atoms with Gasteiger partial charge in [-0.15, -0.1) is 0 Å². The Labute approximate surface area is 335 Å². The Bertz CT molecular complexity index is 1920. The second-order valence-corrected chi connectivity index (χ2v) is 14.1. The number of aliphatic hydroxyl groups excluding tert-OH is 2. The zero-order valence-electron chi connectivity index (χ0n) is 32.2. The van der Waals surface area contributed by atoms with Crippen molar-refractivity contribution < 1.29 is 42.5 Å². The van der Waals surface area contributed by atoms with Gasteiger partial charge in [0.25, 0.3) is 11.8 Å². The first kappa shape index (κ1) is 44.8.